The maximum Gasteiger partial charge on any atom is 0.425 e. The minimum Gasteiger partial charge on any atom is -0.493 e. The minimum atomic E-state index is -4.69. The number of fused-ring (bicyclic) bond motifs is 6. The highest BCUT2D eigenvalue weighted by Gasteiger charge is 2.23. The number of nitrogens with zero attached hydrogens (tertiary/aromatic N) is 10. The number of imidazole rings is 1. The highest BCUT2D eigenvalue weighted by Crippen LogP contribution is 2.44. The molecule has 8 aromatic rings. The number of thioether (sulfide) groups is 1. The minimum absolute atomic E-state index is 0.0160. The summed E-state index contributed by atoms with van der Waals surface area (Å²) in [5.74, 6) is -1.35. The highest BCUT2D eigenvalue weighted by molar-refractivity contribution is 7.99. The quantitative estimate of drug-likeness (QED) is 0.0231. The Kier molecular flexibility index (Phi) is 20.3. The summed E-state index contributed by atoms with van der Waals surface area (Å²) in [5.41, 5.74) is 2.57. The molecule has 0 saturated carbocycles. The highest BCUT2D eigenvalue weighted by atomic mass is 35.5. The van der Waals surface area contributed by atoms with Crippen molar-refractivity contribution in [3.05, 3.63) is 100 Å². The van der Waals surface area contributed by atoms with Crippen molar-refractivity contribution in [3.8, 4) is 17.7 Å². The van der Waals surface area contributed by atoms with Crippen molar-refractivity contribution in [1.29, 1.82) is 5.26 Å². The summed E-state index contributed by atoms with van der Waals surface area (Å²) in [4.78, 5) is 8.82. The molecule has 0 unspecified atom stereocenters. The number of aliphatic hydroxyl groups excluding tert-OH is 1. The first-order valence-corrected chi connectivity index (χ1v) is 30.8. The fourth-order valence-electron chi connectivity index (χ4n) is 7.32. The van der Waals surface area contributed by atoms with Crippen LogP contribution in [-0.2, 0) is 58.2 Å². The Bertz CT molecular complexity index is 4460. The molecule has 28 nitrogen and oxygen atoms in total. The average molecular weight is 1250 g/mol. The number of thiazole rings is 1. The van der Waals surface area contributed by atoms with Crippen LogP contribution in [0.15, 0.2) is 113 Å². The smallest absolute Gasteiger partial charge is 0.425 e. The molecule has 0 aliphatic carbocycles. The molecule has 80 heavy (non-hydrogen) atoms. The third kappa shape index (κ3) is 16.2. The molecule has 3 heterocycles. The Balaban J connectivity index is 0.00000121. The van der Waals surface area contributed by atoms with Gasteiger partial charge in [0.1, 0.15) is 33.5 Å². The zero-order valence-electron chi connectivity index (χ0n) is 40.6. The summed E-state index contributed by atoms with van der Waals surface area (Å²) in [5, 5.41) is 60.0. The lowest BCUT2D eigenvalue weighted by Gasteiger charge is -2.12. The van der Waals surface area contributed by atoms with Crippen LogP contribution in [0.1, 0.15) is 35.1 Å². The van der Waals surface area contributed by atoms with Gasteiger partial charge in [-0.3, -0.25) is 18.1 Å². The first kappa shape index (κ1) is 61.9. The van der Waals surface area contributed by atoms with Crippen LogP contribution in [0.5, 0.6) is 11.6 Å². The van der Waals surface area contributed by atoms with Crippen molar-refractivity contribution in [2.24, 2.45) is 30.7 Å². The first-order valence-electron chi connectivity index (χ1n) is 22.0. The van der Waals surface area contributed by atoms with Gasteiger partial charge in [-0.25, -0.2) is 9.97 Å². The van der Waals surface area contributed by atoms with Gasteiger partial charge in [-0.2, -0.15) is 35.6 Å². The Morgan fingerprint density at radius 2 is 1.41 bits per heavy atom. The fraction of sp³-hybridized carbons (Fsp3) is 0.205. The van der Waals surface area contributed by atoms with Crippen molar-refractivity contribution in [2.45, 2.75) is 43.1 Å². The van der Waals surface area contributed by atoms with Gasteiger partial charge in [-0.05, 0) is 85.9 Å². The molecule has 8 rings (SSSR count). The number of rotatable bonds is 18. The second kappa shape index (κ2) is 26.3. The summed E-state index contributed by atoms with van der Waals surface area (Å²) < 4.78 is 158. The van der Waals surface area contributed by atoms with Gasteiger partial charge in [-0.15, -0.1) is 62.6 Å². The van der Waals surface area contributed by atoms with Crippen LogP contribution in [-0.4, -0.2) is 113 Å². The number of halogens is 1. The zero-order valence-corrected chi connectivity index (χ0v) is 47.1. The summed E-state index contributed by atoms with van der Waals surface area (Å²) in [6.45, 7) is 2.42. The van der Waals surface area contributed by atoms with Gasteiger partial charge in [0.15, 0.2) is 11.3 Å². The Morgan fingerprint density at radius 3 is 2.06 bits per heavy atom. The van der Waals surface area contributed by atoms with E-state index in [-0.39, 0.29) is 98.3 Å². The van der Waals surface area contributed by atoms with E-state index in [9.17, 15) is 54.4 Å². The molecule has 0 saturated heterocycles. The van der Waals surface area contributed by atoms with Crippen LogP contribution in [0.25, 0.3) is 37.7 Å². The first-order chi connectivity index (χ1) is 37.6. The molecule has 0 spiro atoms. The van der Waals surface area contributed by atoms with E-state index in [1.165, 1.54) is 34.7 Å². The number of pyridine rings is 1. The molecule has 0 atom stereocenters. The molecular weight excluding hydrogens is 1220 g/mol. The molecule has 5 N–H and O–H groups in total. The molecule has 3 aromatic heterocycles. The number of aryl methyl sites for hydroxylation is 1. The summed E-state index contributed by atoms with van der Waals surface area (Å²) in [6.07, 6.45) is -0.105. The van der Waals surface area contributed by atoms with Gasteiger partial charge < -0.3 is 14.9 Å². The number of nitriles is 1. The lowest BCUT2D eigenvalue weighted by Crippen LogP contribution is -2.08. The van der Waals surface area contributed by atoms with E-state index < -0.39 is 74.6 Å². The van der Waals surface area contributed by atoms with E-state index in [1.54, 1.807) is 56.3 Å². The van der Waals surface area contributed by atoms with Gasteiger partial charge in [0.05, 0.1) is 57.5 Å². The summed E-state index contributed by atoms with van der Waals surface area (Å²) in [6, 6.07) is 21.1. The standard InChI is InChI=1S/C44H37ClN10O12S5.2O3S/c1-23-15-33(51-53-39-24(2)29(21-46)42-47-32-18-27(45)9-10-35(32)55(42)43(39)57)36(67-11-5-13-70(58,59)60)19-30(23)49-52-34-16-26(22-56)31(20-37(34)68-12-6-14-71(61,62)63)50-54-44-48-40-38(72(64,65)66)17-25-7-3-4-8-28(25)41(40)69-44;2*1-4(2)3/h3-4,7-10,15-20,56-57H,5-6,11-14,22H2,1-2H3,(H,58,59,60)(H,61,62,63)(H,64,65,66);;. The lowest BCUT2D eigenvalue weighted by atomic mass is 10.1. The number of aromatic nitrogens is 3. The van der Waals surface area contributed by atoms with Crippen LogP contribution in [0.2, 0.25) is 5.02 Å². The van der Waals surface area contributed by atoms with Crippen molar-refractivity contribution >= 4 is 158 Å². The molecule has 420 valence electrons. The second-order valence-electron chi connectivity index (χ2n) is 16.1. The second-order valence-corrected chi connectivity index (χ2v) is 24.0. The number of aliphatic hydroxyl groups is 1. The molecule has 5 aromatic carbocycles. The van der Waals surface area contributed by atoms with Crippen LogP contribution in [0, 0.1) is 25.2 Å². The number of ether oxygens (including phenoxy) is 1. The van der Waals surface area contributed by atoms with Crippen molar-refractivity contribution in [1.82, 2.24) is 14.4 Å². The number of hydrogen-bond donors (Lipinski definition) is 5. The van der Waals surface area contributed by atoms with Crippen LogP contribution in [0.3, 0.4) is 0 Å². The molecule has 0 aliphatic rings. The predicted molar refractivity (Wildman–Crippen MR) is 290 cm³/mol. The van der Waals surface area contributed by atoms with Crippen molar-refractivity contribution < 1.29 is 79.1 Å². The van der Waals surface area contributed by atoms with E-state index in [1.807, 2.05) is 0 Å². The number of aromatic hydroxyl groups is 1. The number of azo groups is 3. The normalized spacial score (nSPS) is 12.1. The Hall–Kier alpha value is -7.34. The van der Waals surface area contributed by atoms with Crippen molar-refractivity contribution in [2.75, 3.05) is 23.9 Å². The molecule has 0 bridgehead atoms. The third-order valence-electron chi connectivity index (χ3n) is 10.7. The summed E-state index contributed by atoms with van der Waals surface area (Å²) >= 11 is 8.33. The largest absolute Gasteiger partial charge is 0.493 e. The van der Waals surface area contributed by atoms with Crippen LogP contribution >= 0.6 is 34.7 Å². The van der Waals surface area contributed by atoms with E-state index in [0.29, 0.717) is 42.0 Å². The maximum atomic E-state index is 12.4. The van der Waals surface area contributed by atoms with Gasteiger partial charge in [0, 0.05) is 32.5 Å². The van der Waals surface area contributed by atoms with E-state index >= 15 is 0 Å². The molecule has 0 radical (unpaired) electrons. The topological polar surface area (TPSA) is 443 Å². The molecular formula is C44H37ClN10O18S7. The predicted octanol–water partition coefficient (Wildman–Crippen LogP) is 9.10. The van der Waals surface area contributed by atoms with Crippen LogP contribution < -0.4 is 4.74 Å². The molecule has 0 aliphatic heterocycles. The Morgan fingerprint density at radius 1 is 0.775 bits per heavy atom. The zero-order chi connectivity index (χ0) is 58.9. The van der Waals surface area contributed by atoms with E-state index in [2.05, 4.69) is 46.7 Å². The molecule has 0 amide bonds. The van der Waals surface area contributed by atoms with E-state index in [0.717, 1.165) is 23.1 Å². The van der Waals surface area contributed by atoms with Gasteiger partial charge in [-0.1, -0.05) is 47.2 Å². The van der Waals surface area contributed by atoms with Gasteiger partial charge >= 0.3 is 21.2 Å². The molecule has 0 fully saturated rings. The number of benzene rings is 5. The summed E-state index contributed by atoms with van der Waals surface area (Å²) in [7, 11) is -19.5. The Labute approximate surface area is 468 Å². The van der Waals surface area contributed by atoms with Crippen LogP contribution in [0.4, 0.5) is 33.6 Å². The average Bonchev–Trinajstić information content (AvgIpc) is 4.21. The van der Waals surface area contributed by atoms with E-state index in [4.69, 9.17) is 41.6 Å². The monoisotopic (exact) mass is 1250 g/mol. The van der Waals surface area contributed by atoms with Gasteiger partial charge in [0.2, 0.25) is 11.0 Å². The fourth-order valence-corrected chi connectivity index (χ4v) is 11.3. The SMILES string of the molecule is Cc1cc(N=Nc2c(C)c(C#N)c3nc4cc(Cl)ccc4n3c2O)c(OCCCS(=O)(=O)O)cc1N=Nc1cc(CO)c(N=Nc2nc3c(S(=O)(=O)O)cc4ccccc4c3s2)cc1SCCCS(=O)(=O)O.O=S(=O)=O.O=S(=O)=O. The lowest BCUT2D eigenvalue weighted by molar-refractivity contribution is 0.282. The van der Waals surface area contributed by atoms with Crippen molar-refractivity contribution in [3.63, 3.8) is 0 Å². The van der Waals surface area contributed by atoms with Gasteiger partial charge in [0.25, 0.3) is 30.4 Å². The maximum absolute atomic E-state index is 12.4. The molecule has 36 heteroatoms. The third-order valence-corrected chi connectivity index (χ3v) is 15.5. The number of hydrogen-bond acceptors (Lipinski definition) is 26.